The van der Waals surface area contributed by atoms with Crippen molar-refractivity contribution in [3.05, 3.63) is 12.7 Å². The highest BCUT2D eigenvalue weighted by atomic mass is 32.2. The molecule has 0 fully saturated rings. The summed E-state index contributed by atoms with van der Waals surface area (Å²) in [6.45, 7) is 0.944. The van der Waals surface area contributed by atoms with Crippen molar-refractivity contribution in [2.24, 2.45) is 0 Å². The molecular formula is C11H17N5S. The first-order chi connectivity index (χ1) is 8.42. The molecule has 2 heterocycles. The highest BCUT2D eigenvalue weighted by molar-refractivity contribution is 7.98. The minimum atomic E-state index is 0.713. The quantitative estimate of drug-likeness (QED) is 0.739. The van der Waals surface area contributed by atoms with Crippen molar-refractivity contribution in [3.63, 3.8) is 0 Å². The maximum absolute atomic E-state index is 4.22. The minimum absolute atomic E-state index is 0.713. The summed E-state index contributed by atoms with van der Waals surface area (Å²) in [6.07, 6.45) is 9.04. The molecule has 2 aromatic heterocycles. The van der Waals surface area contributed by atoms with Crippen LogP contribution in [0.1, 0.15) is 19.3 Å². The Labute approximate surface area is 105 Å². The monoisotopic (exact) mass is 251 g/mol. The van der Waals surface area contributed by atoms with Gasteiger partial charge in [0.15, 0.2) is 11.5 Å². The number of imidazole rings is 1. The van der Waals surface area contributed by atoms with Crippen LogP contribution < -0.4 is 5.32 Å². The second-order valence-corrected chi connectivity index (χ2v) is 4.79. The molecule has 0 aliphatic carbocycles. The van der Waals surface area contributed by atoms with E-state index in [9.17, 15) is 0 Å². The zero-order valence-corrected chi connectivity index (χ0v) is 10.8. The lowest BCUT2D eigenvalue weighted by Crippen LogP contribution is -2.04. The molecule has 0 spiro atoms. The van der Waals surface area contributed by atoms with Gasteiger partial charge in [-0.1, -0.05) is 6.42 Å². The van der Waals surface area contributed by atoms with E-state index < -0.39 is 0 Å². The largest absolute Gasteiger partial charge is 0.368 e. The molecule has 2 aromatic rings. The number of aromatic nitrogens is 4. The van der Waals surface area contributed by atoms with Gasteiger partial charge in [0.25, 0.3) is 0 Å². The Bertz CT molecular complexity index is 456. The van der Waals surface area contributed by atoms with Crippen molar-refractivity contribution >= 4 is 28.7 Å². The smallest absolute Gasteiger partial charge is 0.182 e. The van der Waals surface area contributed by atoms with Gasteiger partial charge in [-0.2, -0.15) is 11.8 Å². The van der Waals surface area contributed by atoms with Gasteiger partial charge in [-0.05, 0) is 24.9 Å². The average Bonchev–Trinajstić information content (AvgIpc) is 2.82. The summed E-state index contributed by atoms with van der Waals surface area (Å²) in [4.78, 5) is 15.4. The minimum Gasteiger partial charge on any atom is -0.368 e. The third kappa shape index (κ3) is 3.33. The number of fused-ring (bicyclic) bond motifs is 1. The van der Waals surface area contributed by atoms with E-state index in [0.29, 0.717) is 5.65 Å². The third-order valence-electron chi connectivity index (χ3n) is 2.54. The first-order valence-electron chi connectivity index (χ1n) is 5.78. The zero-order chi connectivity index (χ0) is 11.9. The lowest BCUT2D eigenvalue weighted by atomic mass is 10.2. The van der Waals surface area contributed by atoms with Crippen molar-refractivity contribution in [1.29, 1.82) is 0 Å². The molecule has 0 aliphatic heterocycles. The van der Waals surface area contributed by atoms with E-state index in [0.717, 1.165) is 17.9 Å². The van der Waals surface area contributed by atoms with Crippen LogP contribution in [0.4, 0.5) is 5.82 Å². The van der Waals surface area contributed by atoms with Gasteiger partial charge < -0.3 is 10.3 Å². The fraction of sp³-hybridized carbons (Fsp3) is 0.545. The Kier molecular flexibility index (Phi) is 4.61. The number of unbranched alkanes of at least 4 members (excludes halogenated alkanes) is 2. The molecular weight excluding hydrogens is 234 g/mol. The average molecular weight is 251 g/mol. The van der Waals surface area contributed by atoms with E-state index >= 15 is 0 Å². The van der Waals surface area contributed by atoms with Crippen molar-refractivity contribution in [2.75, 3.05) is 23.9 Å². The van der Waals surface area contributed by atoms with Crippen molar-refractivity contribution in [2.45, 2.75) is 19.3 Å². The maximum atomic E-state index is 4.22. The molecule has 6 heteroatoms. The predicted molar refractivity (Wildman–Crippen MR) is 72.4 cm³/mol. The fourth-order valence-corrected chi connectivity index (χ4v) is 2.15. The molecule has 0 saturated carbocycles. The third-order valence-corrected chi connectivity index (χ3v) is 3.24. The number of hydrogen-bond acceptors (Lipinski definition) is 5. The fourth-order valence-electron chi connectivity index (χ4n) is 1.65. The molecule has 0 atom stereocenters. The molecule has 0 saturated heterocycles. The topological polar surface area (TPSA) is 66.5 Å². The Morgan fingerprint density at radius 2 is 2.18 bits per heavy atom. The molecule has 0 unspecified atom stereocenters. The van der Waals surface area contributed by atoms with E-state index in [1.165, 1.54) is 25.0 Å². The summed E-state index contributed by atoms with van der Waals surface area (Å²) in [5.74, 6) is 2.09. The standard InChI is InChI=1S/C11H17N5S/c1-17-6-4-2-3-5-12-10-9-11(14-7-13-9)16-8-15-10/h7-8H,2-6H2,1H3,(H2,12,13,14,15,16). The number of anilines is 1. The molecule has 2 N–H and O–H groups in total. The van der Waals surface area contributed by atoms with Gasteiger partial charge in [-0.3, -0.25) is 0 Å². The zero-order valence-electron chi connectivity index (χ0n) is 9.94. The SMILES string of the molecule is CSCCCCCNc1ncnc2nc[nH]c12. The number of nitrogens with one attached hydrogen (secondary N) is 2. The molecule has 0 bridgehead atoms. The molecule has 0 radical (unpaired) electrons. The molecule has 17 heavy (non-hydrogen) atoms. The van der Waals surface area contributed by atoms with Crippen LogP contribution in [0.5, 0.6) is 0 Å². The normalized spacial score (nSPS) is 10.9. The van der Waals surface area contributed by atoms with Gasteiger partial charge in [-0.15, -0.1) is 0 Å². The number of thioether (sulfide) groups is 1. The van der Waals surface area contributed by atoms with Crippen LogP contribution in [0, 0.1) is 0 Å². The van der Waals surface area contributed by atoms with Crippen LogP contribution in [-0.2, 0) is 0 Å². The van der Waals surface area contributed by atoms with Crippen LogP contribution in [0.2, 0.25) is 0 Å². The van der Waals surface area contributed by atoms with E-state index in [1.807, 2.05) is 11.8 Å². The van der Waals surface area contributed by atoms with Crippen molar-refractivity contribution < 1.29 is 0 Å². The van der Waals surface area contributed by atoms with E-state index in [-0.39, 0.29) is 0 Å². The molecule has 0 aliphatic rings. The Hall–Kier alpha value is -1.30. The molecule has 2 rings (SSSR count). The highest BCUT2D eigenvalue weighted by Gasteiger charge is 2.03. The van der Waals surface area contributed by atoms with E-state index in [1.54, 1.807) is 12.7 Å². The van der Waals surface area contributed by atoms with Crippen LogP contribution in [0.15, 0.2) is 12.7 Å². The number of rotatable bonds is 7. The number of H-pyrrole nitrogens is 1. The molecule has 5 nitrogen and oxygen atoms in total. The highest BCUT2D eigenvalue weighted by Crippen LogP contribution is 2.14. The van der Waals surface area contributed by atoms with E-state index in [4.69, 9.17) is 0 Å². The van der Waals surface area contributed by atoms with Crippen molar-refractivity contribution in [3.8, 4) is 0 Å². The van der Waals surface area contributed by atoms with Crippen LogP contribution in [0.25, 0.3) is 11.2 Å². The second kappa shape index (κ2) is 6.44. The van der Waals surface area contributed by atoms with Crippen LogP contribution >= 0.6 is 11.8 Å². The van der Waals surface area contributed by atoms with Gasteiger partial charge in [0, 0.05) is 6.54 Å². The van der Waals surface area contributed by atoms with Crippen molar-refractivity contribution in [1.82, 2.24) is 19.9 Å². The van der Waals surface area contributed by atoms with Crippen LogP contribution in [-0.4, -0.2) is 38.5 Å². The van der Waals surface area contributed by atoms with Gasteiger partial charge in [0.1, 0.15) is 11.8 Å². The Balaban J connectivity index is 1.80. The summed E-state index contributed by atoms with van der Waals surface area (Å²) >= 11 is 1.90. The lowest BCUT2D eigenvalue weighted by molar-refractivity contribution is 0.748. The number of aromatic amines is 1. The molecule has 92 valence electrons. The van der Waals surface area contributed by atoms with Gasteiger partial charge in [0.2, 0.25) is 0 Å². The van der Waals surface area contributed by atoms with Gasteiger partial charge in [0.05, 0.1) is 6.33 Å². The lowest BCUT2D eigenvalue weighted by Gasteiger charge is -2.05. The predicted octanol–water partition coefficient (Wildman–Crippen LogP) is 2.30. The molecule has 0 amide bonds. The summed E-state index contributed by atoms with van der Waals surface area (Å²) < 4.78 is 0. The Morgan fingerprint density at radius 1 is 1.24 bits per heavy atom. The second-order valence-electron chi connectivity index (χ2n) is 3.80. The van der Waals surface area contributed by atoms with Crippen LogP contribution in [0.3, 0.4) is 0 Å². The van der Waals surface area contributed by atoms with Gasteiger partial charge >= 0.3 is 0 Å². The number of hydrogen-bond donors (Lipinski definition) is 2. The Morgan fingerprint density at radius 3 is 3.06 bits per heavy atom. The summed E-state index contributed by atoms with van der Waals surface area (Å²) in [5.41, 5.74) is 1.60. The summed E-state index contributed by atoms with van der Waals surface area (Å²) in [6, 6.07) is 0. The molecule has 0 aromatic carbocycles. The van der Waals surface area contributed by atoms with Gasteiger partial charge in [-0.25, -0.2) is 15.0 Å². The maximum Gasteiger partial charge on any atom is 0.182 e. The summed E-state index contributed by atoms with van der Waals surface area (Å²) in [5, 5.41) is 3.32. The first kappa shape index (κ1) is 12.2. The summed E-state index contributed by atoms with van der Waals surface area (Å²) in [7, 11) is 0. The first-order valence-corrected chi connectivity index (χ1v) is 7.18. The van der Waals surface area contributed by atoms with E-state index in [2.05, 4.69) is 31.5 Å². The number of nitrogens with zero attached hydrogens (tertiary/aromatic N) is 3.